The van der Waals surface area contributed by atoms with Gasteiger partial charge in [0.2, 0.25) is 0 Å². The van der Waals surface area contributed by atoms with E-state index in [1.807, 2.05) is 48.5 Å². The Labute approximate surface area is 108 Å². The molecule has 1 N–H and O–H groups in total. The fourth-order valence-corrected chi connectivity index (χ4v) is 2.49. The summed E-state index contributed by atoms with van der Waals surface area (Å²) in [5.41, 5.74) is 1.82. The molecule has 3 nitrogen and oxygen atoms in total. The van der Waals surface area contributed by atoms with Gasteiger partial charge in [0.15, 0.2) is 0 Å². The molecular formula is C14H11NO2S. The minimum absolute atomic E-state index is 0.0431. The molecule has 1 heterocycles. The Hall–Kier alpha value is -1.91. The van der Waals surface area contributed by atoms with Gasteiger partial charge in [-0.25, -0.2) is 4.98 Å². The fourth-order valence-electron chi connectivity index (χ4n) is 1.66. The molecule has 18 heavy (non-hydrogen) atoms. The predicted molar refractivity (Wildman–Crippen MR) is 72.1 cm³/mol. The summed E-state index contributed by atoms with van der Waals surface area (Å²) in [4.78, 5) is 4.40. The molecule has 0 atom stereocenters. The van der Waals surface area contributed by atoms with E-state index in [4.69, 9.17) is 9.84 Å². The summed E-state index contributed by atoms with van der Waals surface area (Å²) in [5, 5.41) is 9.59. The summed E-state index contributed by atoms with van der Waals surface area (Å²) in [5.74, 6) is 0.728. The Balaban J connectivity index is 1.86. The van der Waals surface area contributed by atoms with E-state index in [0.717, 1.165) is 21.5 Å². The molecule has 0 bridgehead atoms. The maximum absolute atomic E-state index is 8.96. The van der Waals surface area contributed by atoms with Gasteiger partial charge in [-0.2, -0.15) is 0 Å². The summed E-state index contributed by atoms with van der Waals surface area (Å²) in [6, 6.07) is 15.3. The molecular weight excluding hydrogens is 246 g/mol. The van der Waals surface area contributed by atoms with E-state index in [2.05, 4.69) is 4.98 Å². The third-order valence-corrected chi connectivity index (χ3v) is 3.50. The quantitative estimate of drug-likeness (QED) is 0.779. The van der Waals surface area contributed by atoms with E-state index >= 15 is 0 Å². The highest BCUT2D eigenvalue weighted by molar-refractivity contribution is 7.20. The Bertz CT molecular complexity index is 628. The van der Waals surface area contributed by atoms with Gasteiger partial charge < -0.3 is 9.84 Å². The molecule has 0 saturated heterocycles. The van der Waals surface area contributed by atoms with Crippen LogP contribution in [0.2, 0.25) is 0 Å². The second-order valence-electron chi connectivity index (χ2n) is 3.85. The van der Waals surface area contributed by atoms with Gasteiger partial charge in [0, 0.05) is 0 Å². The number of ether oxygens (including phenoxy) is 1. The van der Waals surface area contributed by atoms with Gasteiger partial charge in [0.05, 0.1) is 16.8 Å². The summed E-state index contributed by atoms with van der Waals surface area (Å²) in [6.07, 6.45) is 0. The molecule has 0 aliphatic heterocycles. The Morgan fingerprint density at radius 2 is 1.83 bits per heavy atom. The van der Waals surface area contributed by atoms with E-state index in [9.17, 15) is 0 Å². The van der Waals surface area contributed by atoms with E-state index in [1.54, 1.807) is 0 Å². The van der Waals surface area contributed by atoms with Crippen molar-refractivity contribution < 1.29 is 9.84 Å². The SMILES string of the molecule is OCc1ccc(Oc2nc3ccccc3s2)cc1. The highest BCUT2D eigenvalue weighted by Gasteiger charge is 2.05. The number of aliphatic hydroxyl groups excluding tert-OH is 1. The molecule has 2 aromatic carbocycles. The first-order valence-electron chi connectivity index (χ1n) is 5.58. The lowest BCUT2D eigenvalue weighted by molar-refractivity contribution is 0.281. The van der Waals surface area contributed by atoms with Gasteiger partial charge in [-0.3, -0.25) is 0 Å². The van der Waals surface area contributed by atoms with Crippen LogP contribution in [0.4, 0.5) is 0 Å². The van der Waals surface area contributed by atoms with Crippen molar-refractivity contribution in [1.82, 2.24) is 4.98 Å². The van der Waals surface area contributed by atoms with Crippen molar-refractivity contribution in [3.8, 4) is 10.9 Å². The lowest BCUT2D eigenvalue weighted by atomic mass is 10.2. The van der Waals surface area contributed by atoms with Crippen LogP contribution in [0, 0.1) is 0 Å². The van der Waals surface area contributed by atoms with Crippen LogP contribution in [0.3, 0.4) is 0 Å². The summed E-state index contributed by atoms with van der Waals surface area (Å²) >= 11 is 1.52. The zero-order chi connectivity index (χ0) is 12.4. The number of fused-ring (bicyclic) bond motifs is 1. The minimum Gasteiger partial charge on any atom is -0.431 e. The summed E-state index contributed by atoms with van der Waals surface area (Å²) in [6.45, 7) is 0.0431. The van der Waals surface area contributed by atoms with Gasteiger partial charge >= 0.3 is 0 Å². The molecule has 4 heteroatoms. The number of aromatic nitrogens is 1. The number of rotatable bonds is 3. The topological polar surface area (TPSA) is 42.4 Å². The van der Waals surface area contributed by atoms with Crippen molar-refractivity contribution in [3.05, 3.63) is 54.1 Å². The van der Waals surface area contributed by atoms with Gasteiger partial charge in [-0.1, -0.05) is 35.6 Å². The molecule has 0 aliphatic rings. The number of thiazole rings is 1. The fraction of sp³-hybridized carbons (Fsp3) is 0.0714. The first-order chi connectivity index (χ1) is 8.85. The van der Waals surface area contributed by atoms with E-state index in [0.29, 0.717) is 5.19 Å². The van der Waals surface area contributed by atoms with Crippen molar-refractivity contribution in [1.29, 1.82) is 0 Å². The van der Waals surface area contributed by atoms with Crippen LogP contribution in [0.25, 0.3) is 10.2 Å². The van der Waals surface area contributed by atoms with Crippen LogP contribution < -0.4 is 4.74 Å². The molecule has 1 aromatic heterocycles. The van der Waals surface area contributed by atoms with Crippen molar-refractivity contribution in [2.45, 2.75) is 6.61 Å². The highest BCUT2D eigenvalue weighted by atomic mass is 32.1. The number of benzene rings is 2. The molecule has 0 spiro atoms. The maximum Gasteiger partial charge on any atom is 0.279 e. The monoisotopic (exact) mass is 257 g/mol. The normalized spacial score (nSPS) is 10.7. The van der Waals surface area contributed by atoms with Crippen LogP contribution >= 0.6 is 11.3 Å². The molecule has 0 unspecified atom stereocenters. The van der Waals surface area contributed by atoms with Crippen LogP contribution in [0.5, 0.6) is 10.9 Å². The lowest BCUT2D eigenvalue weighted by Gasteiger charge is -2.01. The standard InChI is InChI=1S/C14H11NO2S/c16-9-10-5-7-11(8-6-10)17-14-15-12-3-1-2-4-13(12)18-14/h1-8,16H,9H2. The second kappa shape index (κ2) is 4.76. The number of para-hydroxylation sites is 1. The lowest BCUT2D eigenvalue weighted by Crippen LogP contribution is -1.85. The van der Waals surface area contributed by atoms with Crippen LogP contribution in [0.15, 0.2) is 48.5 Å². The number of hydrogen-bond donors (Lipinski definition) is 1. The number of hydrogen-bond acceptors (Lipinski definition) is 4. The van der Waals surface area contributed by atoms with Crippen LogP contribution in [-0.2, 0) is 6.61 Å². The summed E-state index contributed by atoms with van der Waals surface area (Å²) < 4.78 is 6.80. The van der Waals surface area contributed by atoms with Crippen molar-refractivity contribution in [3.63, 3.8) is 0 Å². The third kappa shape index (κ3) is 2.20. The Morgan fingerprint density at radius 1 is 1.06 bits per heavy atom. The first-order valence-corrected chi connectivity index (χ1v) is 6.40. The molecule has 0 amide bonds. The Kier molecular flexibility index (Phi) is 2.96. The smallest absolute Gasteiger partial charge is 0.279 e. The molecule has 0 aliphatic carbocycles. The molecule has 0 fully saturated rings. The van der Waals surface area contributed by atoms with Crippen LogP contribution in [0.1, 0.15) is 5.56 Å². The third-order valence-electron chi connectivity index (χ3n) is 2.59. The van der Waals surface area contributed by atoms with E-state index < -0.39 is 0 Å². The average Bonchev–Trinajstić information content (AvgIpc) is 2.82. The molecule has 3 rings (SSSR count). The molecule has 0 radical (unpaired) electrons. The zero-order valence-electron chi connectivity index (χ0n) is 9.54. The van der Waals surface area contributed by atoms with Gasteiger partial charge in [0.1, 0.15) is 5.75 Å². The number of aliphatic hydroxyl groups is 1. The number of nitrogens with zero attached hydrogens (tertiary/aromatic N) is 1. The molecule has 3 aromatic rings. The first kappa shape index (κ1) is 11.2. The maximum atomic E-state index is 8.96. The Morgan fingerprint density at radius 3 is 2.56 bits per heavy atom. The van der Waals surface area contributed by atoms with Crippen LogP contribution in [-0.4, -0.2) is 10.1 Å². The largest absolute Gasteiger partial charge is 0.431 e. The van der Waals surface area contributed by atoms with E-state index in [1.165, 1.54) is 11.3 Å². The molecule has 90 valence electrons. The second-order valence-corrected chi connectivity index (χ2v) is 4.84. The molecule has 0 saturated carbocycles. The van der Waals surface area contributed by atoms with Crippen molar-refractivity contribution in [2.75, 3.05) is 0 Å². The highest BCUT2D eigenvalue weighted by Crippen LogP contribution is 2.30. The van der Waals surface area contributed by atoms with E-state index in [-0.39, 0.29) is 6.61 Å². The predicted octanol–water partition coefficient (Wildman–Crippen LogP) is 3.58. The van der Waals surface area contributed by atoms with Crippen molar-refractivity contribution >= 4 is 21.6 Å². The van der Waals surface area contributed by atoms with Gasteiger partial charge in [0.25, 0.3) is 5.19 Å². The van der Waals surface area contributed by atoms with Gasteiger partial charge in [-0.15, -0.1) is 0 Å². The summed E-state index contributed by atoms with van der Waals surface area (Å²) in [7, 11) is 0. The zero-order valence-corrected chi connectivity index (χ0v) is 10.4. The average molecular weight is 257 g/mol. The minimum atomic E-state index is 0.0431. The van der Waals surface area contributed by atoms with Crippen molar-refractivity contribution in [2.24, 2.45) is 0 Å². The van der Waals surface area contributed by atoms with Gasteiger partial charge in [-0.05, 0) is 29.8 Å².